The SMILES string of the molecule is C[C@]12CC[C@@H]3c4ccc(OCC[N+](C)(C)C)cc4CC[C@H]3[C@@H]1CCC[N+]2(C)C. The van der Waals surface area contributed by atoms with E-state index in [0.717, 1.165) is 41.1 Å². The van der Waals surface area contributed by atoms with Crippen molar-refractivity contribution in [2.24, 2.45) is 11.8 Å². The topological polar surface area (TPSA) is 9.23 Å². The number of aryl methyl sites for hydroxylation is 1. The zero-order valence-electron chi connectivity index (χ0n) is 19.1. The maximum Gasteiger partial charge on any atom is 0.137 e. The number of hydrogen-bond acceptors (Lipinski definition) is 1. The van der Waals surface area contributed by atoms with Gasteiger partial charge in [-0.25, -0.2) is 0 Å². The van der Waals surface area contributed by atoms with Crippen LogP contribution in [0, 0.1) is 11.8 Å². The van der Waals surface area contributed by atoms with Gasteiger partial charge in [-0.05, 0) is 74.1 Å². The number of benzene rings is 1. The van der Waals surface area contributed by atoms with E-state index < -0.39 is 0 Å². The van der Waals surface area contributed by atoms with Gasteiger partial charge in [-0.3, -0.25) is 0 Å². The standard InChI is InChI=1S/C25H42N2O/c1-25-14-13-22-21-12-10-20(28-17-16-26(2,3)4)18-19(21)9-11-23(22)24(25)8-7-15-27(25,5)6/h10,12,18,22-24H,7-9,11,13-17H2,1-6H3/q+2/t22-,23-,24+,25+/m1/s1. The van der Waals surface area contributed by atoms with Gasteiger partial charge < -0.3 is 13.7 Å². The Kier molecular flexibility index (Phi) is 5.07. The smallest absolute Gasteiger partial charge is 0.137 e. The second-order valence-corrected chi connectivity index (χ2v) is 11.6. The van der Waals surface area contributed by atoms with Crippen LogP contribution < -0.4 is 4.74 Å². The highest BCUT2D eigenvalue weighted by atomic mass is 16.5. The van der Waals surface area contributed by atoms with Gasteiger partial charge in [0.1, 0.15) is 18.9 Å². The van der Waals surface area contributed by atoms with Crippen molar-refractivity contribution < 1.29 is 13.7 Å². The Morgan fingerprint density at radius 2 is 1.93 bits per heavy atom. The molecule has 0 bridgehead atoms. The van der Waals surface area contributed by atoms with Crippen LogP contribution in [-0.4, -0.2) is 69.4 Å². The van der Waals surface area contributed by atoms with Gasteiger partial charge in [0.05, 0.1) is 47.3 Å². The van der Waals surface area contributed by atoms with Crippen LogP contribution in [-0.2, 0) is 6.42 Å². The Morgan fingerprint density at radius 1 is 1.14 bits per heavy atom. The molecule has 0 unspecified atom stereocenters. The van der Waals surface area contributed by atoms with Crippen LogP contribution in [0.2, 0.25) is 0 Å². The minimum absolute atomic E-state index is 0.477. The molecule has 0 spiro atoms. The van der Waals surface area contributed by atoms with Gasteiger partial charge in [0.25, 0.3) is 0 Å². The molecule has 1 heterocycles. The summed E-state index contributed by atoms with van der Waals surface area (Å²) in [6.45, 7) is 5.79. The molecule has 2 aliphatic carbocycles. The first-order valence-electron chi connectivity index (χ1n) is 11.5. The van der Waals surface area contributed by atoms with Gasteiger partial charge in [0.15, 0.2) is 0 Å². The van der Waals surface area contributed by atoms with Crippen LogP contribution in [0.15, 0.2) is 18.2 Å². The molecule has 28 heavy (non-hydrogen) atoms. The van der Waals surface area contributed by atoms with E-state index in [1.807, 2.05) is 0 Å². The van der Waals surface area contributed by atoms with E-state index in [4.69, 9.17) is 4.74 Å². The Hall–Kier alpha value is -1.06. The van der Waals surface area contributed by atoms with E-state index in [9.17, 15) is 0 Å². The average molecular weight is 387 g/mol. The molecule has 3 aliphatic rings. The van der Waals surface area contributed by atoms with Crippen LogP contribution in [0.5, 0.6) is 5.75 Å². The largest absolute Gasteiger partial charge is 0.488 e. The van der Waals surface area contributed by atoms with Crippen LogP contribution in [0.25, 0.3) is 0 Å². The summed E-state index contributed by atoms with van der Waals surface area (Å²) in [5.74, 6) is 3.62. The Labute approximate surface area is 172 Å². The zero-order chi connectivity index (χ0) is 20.2. The normalized spacial score (nSPS) is 34.1. The molecule has 4 rings (SSSR count). The van der Waals surface area contributed by atoms with Crippen LogP contribution >= 0.6 is 0 Å². The van der Waals surface area contributed by atoms with Crippen LogP contribution in [0.4, 0.5) is 0 Å². The molecule has 0 radical (unpaired) electrons. The second kappa shape index (κ2) is 7.02. The first kappa shape index (κ1) is 20.2. The molecule has 4 atom stereocenters. The molecule has 156 valence electrons. The fourth-order valence-corrected chi connectivity index (χ4v) is 6.63. The highest BCUT2D eigenvalue weighted by molar-refractivity contribution is 5.40. The van der Waals surface area contributed by atoms with E-state index in [-0.39, 0.29) is 0 Å². The number of rotatable bonds is 4. The van der Waals surface area contributed by atoms with Gasteiger partial charge in [-0.15, -0.1) is 0 Å². The molecule has 0 N–H and O–H groups in total. The third-order valence-electron chi connectivity index (χ3n) is 8.70. The van der Waals surface area contributed by atoms with Gasteiger partial charge >= 0.3 is 0 Å². The number of piperidine rings is 1. The van der Waals surface area contributed by atoms with Crippen molar-refractivity contribution in [3.8, 4) is 5.75 Å². The number of likely N-dealkylation sites (tertiary alicyclic amines) is 1. The lowest BCUT2D eigenvalue weighted by Crippen LogP contribution is -2.67. The Morgan fingerprint density at radius 3 is 2.68 bits per heavy atom. The summed E-state index contributed by atoms with van der Waals surface area (Å²) in [6.07, 6.45) is 8.22. The fourth-order valence-electron chi connectivity index (χ4n) is 6.63. The summed E-state index contributed by atoms with van der Waals surface area (Å²) in [6, 6.07) is 7.01. The monoisotopic (exact) mass is 386 g/mol. The van der Waals surface area contributed by atoms with Crippen LogP contribution in [0.1, 0.15) is 56.1 Å². The van der Waals surface area contributed by atoms with Crippen molar-refractivity contribution in [2.45, 2.75) is 56.9 Å². The summed E-state index contributed by atoms with van der Waals surface area (Å²) < 4.78 is 8.27. The lowest BCUT2D eigenvalue weighted by Gasteiger charge is -2.60. The molecule has 1 aromatic carbocycles. The van der Waals surface area contributed by atoms with Gasteiger partial charge in [0, 0.05) is 12.3 Å². The predicted octanol–water partition coefficient (Wildman–Crippen LogP) is 4.46. The molecular formula is C25H42N2O+2. The van der Waals surface area contributed by atoms with E-state index in [2.05, 4.69) is 60.4 Å². The molecular weight excluding hydrogens is 344 g/mol. The number of nitrogens with zero attached hydrogens (tertiary/aromatic N) is 2. The predicted molar refractivity (Wildman–Crippen MR) is 117 cm³/mol. The fraction of sp³-hybridized carbons (Fsp3) is 0.760. The molecule has 1 saturated carbocycles. The molecule has 0 aromatic heterocycles. The number of ether oxygens (including phenoxy) is 1. The number of quaternary nitrogens is 2. The van der Waals surface area contributed by atoms with E-state index in [0.29, 0.717) is 5.54 Å². The third kappa shape index (κ3) is 3.50. The molecule has 1 aliphatic heterocycles. The summed E-state index contributed by atoms with van der Waals surface area (Å²) >= 11 is 0. The lowest BCUT2D eigenvalue weighted by atomic mass is 9.54. The van der Waals surface area contributed by atoms with Crippen molar-refractivity contribution >= 4 is 0 Å². The minimum Gasteiger partial charge on any atom is -0.488 e. The van der Waals surface area contributed by atoms with Gasteiger partial charge in [-0.1, -0.05) is 6.07 Å². The third-order valence-corrected chi connectivity index (χ3v) is 8.70. The number of hydrogen-bond donors (Lipinski definition) is 0. The maximum absolute atomic E-state index is 6.10. The molecule has 1 saturated heterocycles. The van der Waals surface area contributed by atoms with Crippen molar-refractivity contribution in [1.29, 1.82) is 0 Å². The van der Waals surface area contributed by atoms with Crippen molar-refractivity contribution in [3.63, 3.8) is 0 Å². The number of fused-ring (bicyclic) bond motifs is 5. The van der Waals surface area contributed by atoms with Crippen molar-refractivity contribution in [1.82, 2.24) is 0 Å². The summed E-state index contributed by atoms with van der Waals surface area (Å²) in [5.41, 5.74) is 3.69. The van der Waals surface area contributed by atoms with Gasteiger partial charge in [0.2, 0.25) is 0 Å². The quantitative estimate of drug-likeness (QED) is 0.695. The average Bonchev–Trinajstić information content (AvgIpc) is 2.61. The first-order chi connectivity index (χ1) is 13.1. The molecule has 3 heteroatoms. The number of likely N-dealkylation sites (N-methyl/N-ethyl adjacent to an activating group) is 1. The summed E-state index contributed by atoms with van der Waals surface area (Å²) in [4.78, 5) is 0. The van der Waals surface area contributed by atoms with E-state index in [1.54, 1.807) is 11.1 Å². The second-order valence-electron chi connectivity index (χ2n) is 11.6. The molecule has 1 aromatic rings. The molecule has 0 amide bonds. The lowest BCUT2D eigenvalue weighted by molar-refractivity contribution is -0.952. The summed E-state index contributed by atoms with van der Waals surface area (Å²) in [7, 11) is 11.6. The van der Waals surface area contributed by atoms with Crippen molar-refractivity contribution in [2.75, 3.05) is 54.9 Å². The van der Waals surface area contributed by atoms with Crippen LogP contribution in [0.3, 0.4) is 0 Å². The van der Waals surface area contributed by atoms with E-state index in [1.165, 1.54) is 49.6 Å². The van der Waals surface area contributed by atoms with Gasteiger partial charge in [-0.2, -0.15) is 0 Å². The zero-order valence-corrected chi connectivity index (χ0v) is 19.1. The highest BCUT2D eigenvalue weighted by Gasteiger charge is 2.57. The van der Waals surface area contributed by atoms with Crippen molar-refractivity contribution in [3.05, 3.63) is 29.3 Å². The molecule has 3 nitrogen and oxygen atoms in total. The Balaban J connectivity index is 1.51. The summed E-state index contributed by atoms with van der Waals surface area (Å²) in [5, 5.41) is 0. The maximum atomic E-state index is 6.10. The first-order valence-corrected chi connectivity index (χ1v) is 11.5. The molecule has 2 fully saturated rings. The Bertz CT molecular complexity index is 720. The van der Waals surface area contributed by atoms with E-state index >= 15 is 0 Å². The highest BCUT2D eigenvalue weighted by Crippen LogP contribution is 2.57. The minimum atomic E-state index is 0.477.